The van der Waals surface area contributed by atoms with Gasteiger partial charge in [-0.2, -0.15) is 10.1 Å². The number of hydrogen-bond acceptors (Lipinski definition) is 8. The molecule has 1 aromatic heterocycles. The molecule has 2 aromatic rings. The van der Waals surface area contributed by atoms with Crippen LogP contribution < -0.4 is 15.4 Å². The summed E-state index contributed by atoms with van der Waals surface area (Å²) in [6, 6.07) is 6.82. The number of carbonyl (C=O) groups is 1. The third kappa shape index (κ3) is 5.90. The summed E-state index contributed by atoms with van der Waals surface area (Å²) in [5.41, 5.74) is 0.564. The smallest absolute Gasteiger partial charge is 0.247 e. The summed E-state index contributed by atoms with van der Waals surface area (Å²) in [6.45, 7) is 5.41. The highest BCUT2D eigenvalue weighted by molar-refractivity contribution is 6.31. The number of anilines is 2. The maximum Gasteiger partial charge on any atom is 0.247 e. The summed E-state index contributed by atoms with van der Waals surface area (Å²) in [5.74, 6) is 0.714. The molecule has 10 heteroatoms. The minimum atomic E-state index is -0.313. The van der Waals surface area contributed by atoms with E-state index in [4.69, 9.17) is 21.1 Å². The van der Waals surface area contributed by atoms with Crippen molar-refractivity contribution in [2.75, 3.05) is 37.4 Å². The second kappa shape index (κ2) is 9.85. The maximum absolute atomic E-state index is 11.5. The van der Waals surface area contributed by atoms with Gasteiger partial charge in [0.25, 0.3) is 0 Å². The highest BCUT2D eigenvalue weighted by Crippen LogP contribution is 2.29. The Balaban J connectivity index is 1.65. The lowest BCUT2D eigenvalue weighted by Gasteiger charge is -2.16. The minimum Gasteiger partial charge on any atom is -0.437 e. The number of hydrazone groups is 1. The molecule has 0 aliphatic carbocycles. The van der Waals surface area contributed by atoms with E-state index in [1.165, 1.54) is 12.3 Å². The van der Waals surface area contributed by atoms with E-state index in [1.54, 1.807) is 37.6 Å². The second-order valence-electron chi connectivity index (χ2n) is 6.09. The topological polar surface area (TPSA) is 101 Å². The first-order valence-electron chi connectivity index (χ1n) is 8.86. The average molecular weight is 417 g/mol. The van der Waals surface area contributed by atoms with Gasteiger partial charge in [-0.25, -0.2) is 4.98 Å². The van der Waals surface area contributed by atoms with Gasteiger partial charge in [-0.3, -0.25) is 9.80 Å². The van der Waals surface area contributed by atoms with Crippen molar-refractivity contribution in [3.05, 3.63) is 48.1 Å². The van der Waals surface area contributed by atoms with E-state index in [0.29, 0.717) is 37.1 Å². The van der Waals surface area contributed by atoms with E-state index in [9.17, 15) is 4.79 Å². The number of amides is 1. The van der Waals surface area contributed by atoms with Gasteiger partial charge in [0.15, 0.2) is 0 Å². The Kier molecular flexibility index (Phi) is 6.99. The molecule has 0 radical (unpaired) electrons. The zero-order valence-corrected chi connectivity index (χ0v) is 16.6. The Morgan fingerprint density at radius 2 is 2.34 bits per heavy atom. The van der Waals surface area contributed by atoms with E-state index < -0.39 is 0 Å². The van der Waals surface area contributed by atoms with Crippen molar-refractivity contribution in [2.45, 2.75) is 6.04 Å². The summed E-state index contributed by atoms with van der Waals surface area (Å²) < 4.78 is 10.8. The number of ether oxygens (including phenoxy) is 2. The standard InChI is InChI=1S/C19H21ClN6O3/c1-3-17(27)23-13-5-4-6-15(9-13)29-18-16(20)11-21-19(25-18)24-14-10-22-26(12-14)7-8-28-2/h3-6,9-11,14H,1,7-8,12H2,2H3,(H,23,27)(H,21,24,25). The lowest BCUT2D eigenvalue weighted by molar-refractivity contribution is -0.111. The molecule has 1 aliphatic heterocycles. The fourth-order valence-electron chi connectivity index (χ4n) is 2.53. The quantitative estimate of drug-likeness (QED) is 0.606. The number of nitrogens with zero attached hydrogens (tertiary/aromatic N) is 4. The van der Waals surface area contributed by atoms with Crippen LogP contribution in [0.25, 0.3) is 0 Å². The van der Waals surface area contributed by atoms with Crippen LogP contribution in [0, 0.1) is 0 Å². The molecule has 0 fully saturated rings. The van der Waals surface area contributed by atoms with Crippen molar-refractivity contribution in [1.82, 2.24) is 15.0 Å². The van der Waals surface area contributed by atoms with Crippen LogP contribution in [0.15, 0.2) is 48.2 Å². The Morgan fingerprint density at radius 3 is 3.14 bits per heavy atom. The lowest BCUT2D eigenvalue weighted by Crippen LogP contribution is -2.30. The summed E-state index contributed by atoms with van der Waals surface area (Å²) in [6.07, 6.45) is 4.44. The monoisotopic (exact) mass is 416 g/mol. The SMILES string of the molecule is C=CC(=O)Nc1cccc(Oc2nc(NC3C=NN(CCOC)C3)ncc2Cl)c1. The van der Waals surface area contributed by atoms with Crippen molar-refractivity contribution >= 4 is 35.4 Å². The molecule has 2 heterocycles. The molecule has 0 saturated carbocycles. The molecule has 0 spiro atoms. The van der Waals surface area contributed by atoms with Gasteiger partial charge in [0.2, 0.25) is 17.7 Å². The van der Waals surface area contributed by atoms with Gasteiger partial charge in [-0.15, -0.1) is 0 Å². The van der Waals surface area contributed by atoms with Gasteiger partial charge in [0.1, 0.15) is 10.8 Å². The number of rotatable bonds is 9. The molecule has 9 nitrogen and oxygen atoms in total. The Labute approximate surface area is 173 Å². The van der Waals surface area contributed by atoms with Crippen LogP contribution in [0.1, 0.15) is 0 Å². The number of benzene rings is 1. The highest BCUT2D eigenvalue weighted by Gasteiger charge is 2.19. The van der Waals surface area contributed by atoms with Gasteiger partial charge >= 0.3 is 0 Å². The van der Waals surface area contributed by atoms with Gasteiger partial charge in [0.05, 0.1) is 31.9 Å². The number of methoxy groups -OCH3 is 1. The zero-order valence-electron chi connectivity index (χ0n) is 15.8. The Bertz CT molecular complexity index is 907. The maximum atomic E-state index is 11.5. The molecular formula is C19H21ClN6O3. The number of hydrogen-bond donors (Lipinski definition) is 2. The van der Waals surface area contributed by atoms with Crippen LogP contribution in [-0.4, -0.2) is 59.9 Å². The highest BCUT2D eigenvalue weighted by atomic mass is 35.5. The summed E-state index contributed by atoms with van der Waals surface area (Å²) in [5, 5.41) is 12.3. The first-order valence-corrected chi connectivity index (χ1v) is 9.23. The average Bonchev–Trinajstić information content (AvgIpc) is 3.16. The van der Waals surface area contributed by atoms with Crippen LogP contribution in [0.5, 0.6) is 11.6 Å². The van der Waals surface area contributed by atoms with Gasteiger partial charge < -0.3 is 20.1 Å². The number of aromatic nitrogens is 2. The molecular weight excluding hydrogens is 396 g/mol. The molecule has 0 saturated heterocycles. The normalized spacial score (nSPS) is 15.2. The zero-order chi connectivity index (χ0) is 20.6. The molecule has 1 unspecified atom stereocenters. The van der Waals surface area contributed by atoms with Crippen molar-refractivity contribution in [2.24, 2.45) is 5.10 Å². The molecule has 1 aliphatic rings. The predicted octanol–water partition coefficient (Wildman–Crippen LogP) is 2.78. The Hall–Kier alpha value is -3.17. The fraction of sp³-hybridized carbons (Fsp3) is 0.263. The Morgan fingerprint density at radius 1 is 1.48 bits per heavy atom. The van der Waals surface area contributed by atoms with Crippen LogP contribution in [0.4, 0.5) is 11.6 Å². The van der Waals surface area contributed by atoms with Gasteiger partial charge in [0, 0.05) is 25.1 Å². The lowest BCUT2D eigenvalue weighted by atomic mass is 10.3. The van der Waals surface area contributed by atoms with Crippen molar-refractivity contribution in [3.8, 4) is 11.6 Å². The van der Waals surface area contributed by atoms with Crippen LogP contribution >= 0.6 is 11.6 Å². The first-order chi connectivity index (χ1) is 14.1. The molecule has 29 heavy (non-hydrogen) atoms. The third-order valence-corrected chi connectivity index (χ3v) is 4.16. The van der Waals surface area contributed by atoms with E-state index >= 15 is 0 Å². The summed E-state index contributed by atoms with van der Waals surface area (Å²) >= 11 is 6.18. The number of nitrogens with one attached hydrogen (secondary N) is 2. The number of carbonyl (C=O) groups excluding carboxylic acids is 1. The molecule has 1 aromatic carbocycles. The minimum absolute atomic E-state index is 0.0432. The van der Waals surface area contributed by atoms with E-state index in [2.05, 4.69) is 32.3 Å². The summed E-state index contributed by atoms with van der Waals surface area (Å²) in [4.78, 5) is 20.0. The fourth-order valence-corrected chi connectivity index (χ4v) is 2.66. The van der Waals surface area contributed by atoms with E-state index in [-0.39, 0.29) is 22.9 Å². The van der Waals surface area contributed by atoms with Crippen molar-refractivity contribution in [3.63, 3.8) is 0 Å². The largest absolute Gasteiger partial charge is 0.437 e. The molecule has 2 N–H and O–H groups in total. The van der Waals surface area contributed by atoms with Crippen molar-refractivity contribution < 1.29 is 14.3 Å². The van der Waals surface area contributed by atoms with E-state index in [0.717, 1.165) is 0 Å². The van der Waals surface area contributed by atoms with Crippen LogP contribution in [-0.2, 0) is 9.53 Å². The van der Waals surface area contributed by atoms with Gasteiger partial charge in [-0.05, 0) is 18.2 Å². The molecule has 1 atom stereocenters. The van der Waals surface area contributed by atoms with E-state index in [1.807, 2.05) is 5.01 Å². The molecule has 1 amide bonds. The van der Waals surface area contributed by atoms with Crippen LogP contribution in [0.2, 0.25) is 5.02 Å². The second-order valence-corrected chi connectivity index (χ2v) is 6.50. The molecule has 0 bridgehead atoms. The van der Waals surface area contributed by atoms with Gasteiger partial charge in [-0.1, -0.05) is 24.2 Å². The third-order valence-electron chi connectivity index (χ3n) is 3.90. The molecule has 152 valence electrons. The first kappa shape index (κ1) is 20.6. The predicted molar refractivity (Wildman–Crippen MR) is 112 cm³/mol. The van der Waals surface area contributed by atoms with Crippen LogP contribution in [0.3, 0.4) is 0 Å². The summed E-state index contributed by atoms with van der Waals surface area (Å²) in [7, 11) is 1.65. The van der Waals surface area contributed by atoms with Crippen molar-refractivity contribution in [1.29, 1.82) is 0 Å². The number of halogens is 1. The molecule has 3 rings (SSSR count).